The van der Waals surface area contributed by atoms with Crippen LogP contribution in [0.1, 0.15) is 12.6 Å². The molecule has 0 aliphatic carbocycles. The van der Waals surface area contributed by atoms with Crippen LogP contribution in [0.4, 0.5) is 0 Å². The second-order valence-electron chi connectivity index (χ2n) is 3.38. The van der Waals surface area contributed by atoms with E-state index in [1.807, 2.05) is 41.9 Å². The number of rotatable bonds is 2. The number of hydrogen-bond donors (Lipinski definition) is 1. The fourth-order valence-electron chi connectivity index (χ4n) is 1.42. The van der Waals surface area contributed by atoms with E-state index in [1.54, 1.807) is 0 Å². The summed E-state index contributed by atoms with van der Waals surface area (Å²) in [5.41, 5.74) is 7.74. The standard InChI is InChI=1S/C10H13N3/c1-8(11)6-9-7-13-5-3-2-4-10(13)12-9/h2-5,7-8H,6,11H2,1H3. The van der Waals surface area contributed by atoms with Gasteiger partial charge in [-0.1, -0.05) is 6.07 Å². The predicted octanol–water partition coefficient (Wildman–Crippen LogP) is 1.22. The summed E-state index contributed by atoms with van der Waals surface area (Å²) in [6, 6.07) is 6.14. The van der Waals surface area contributed by atoms with Crippen LogP contribution in [-0.2, 0) is 6.42 Å². The molecule has 2 aromatic rings. The normalized spacial score (nSPS) is 13.4. The van der Waals surface area contributed by atoms with Crippen molar-refractivity contribution < 1.29 is 0 Å². The van der Waals surface area contributed by atoms with E-state index in [-0.39, 0.29) is 6.04 Å². The van der Waals surface area contributed by atoms with Crippen molar-refractivity contribution in [1.29, 1.82) is 0 Å². The molecule has 0 saturated heterocycles. The monoisotopic (exact) mass is 175 g/mol. The molecule has 13 heavy (non-hydrogen) atoms. The molecule has 2 aromatic heterocycles. The van der Waals surface area contributed by atoms with Gasteiger partial charge < -0.3 is 10.1 Å². The summed E-state index contributed by atoms with van der Waals surface area (Å²) in [4.78, 5) is 4.44. The molecule has 0 spiro atoms. The minimum Gasteiger partial charge on any atom is -0.328 e. The van der Waals surface area contributed by atoms with Crippen molar-refractivity contribution in [2.45, 2.75) is 19.4 Å². The largest absolute Gasteiger partial charge is 0.328 e. The summed E-state index contributed by atoms with van der Waals surface area (Å²) in [6.45, 7) is 1.99. The first-order chi connectivity index (χ1) is 6.25. The maximum atomic E-state index is 5.70. The first-order valence-electron chi connectivity index (χ1n) is 4.44. The molecule has 0 radical (unpaired) electrons. The number of pyridine rings is 1. The lowest BCUT2D eigenvalue weighted by molar-refractivity contribution is 0.726. The summed E-state index contributed by atoms with van der Waals surface area (Å²) in [5.74, 6) is 0. The van der Waals surface area contributed by atoms with Gasteiger partial charge in [-0.25, -0.2) is 4.98 Å². The van der Waals surface area contributed by atoms with Crippen LogP contribution in [0.2, 0.25) is 0 Å². The summed E-state index contributed by atoms with van der Waals surface area (Å²) in [7, 11) is 0. The topological polar surface area (TPSA) is 43.3 Å². The van der Waals surface area contributed by atoms with Gasteiger partial charge in [-0.3, -0.25) is 0 Å². The zero-order valence-electron chi connectivity index (χ0n) is 7.64. The van der Waals surface area contributed by atoms with Crippen molar-refractivity contribution in [2.75, 3.05) is 0 Å². The number of fused-ring (bicyclic) bond motifs is 1. The molecule has 0 amide bonds. The highest BCUT2D eigenvalue weighted by Gasteiger charge is 2.02. The molecule has 2 N–H and O–H groups in total. The third-order valence-corrected chi connectivity index (χ3v) is 1.94. The number of hydrogen-bond acceptors (Lipinski definition) is 2. The first-order valence-corrected chi connectivity index (χ1v) is 4.44. The fraction of sp³-hybridized carbons (Fsp3) is 0.300. The van der Waals surface area contributed by atoms with Crippen molar-refractivity contribution in [2.24, 2.45) is 5.73 Å². The van der Waals surface area contributed by atoms with Crippen LogP contribution in [-0.4, -0.2) is 15.4 Å². The van der Waals surface area contributed by atoms with E-state index in [1.165, 1.54) is 0 Å². The third kappa shape index (κ3) is 1.70. The van der Waals surface area contributed by atoms with Crippen molar-refractivity contribution in [3.8, 4) is 0 Å². The maximum Gasteiger partial charge on any atom is 0.136 e. The van der Waals surface area contributed by atoms with Gasteiger partial charge in [0.05, 0.1) is 5.69 Å². The molecule has 1 atom stereocenters. The zero-order chi connectivity index (χ0) is 9.26. The molecule has 0 aliphatic heterocycles. The number of nitrogens with zero attached hydrogens (tertiary/aromatic N) is 2. The van der Waals surface area contributed by atoms with Gasteiger partial charge in [-0.2, -0.15) is 0 Å². The molecule has 68 valence electrons. The summed E-state index contributed by atoms with van der Waals surface area (Å²) in [5, 5.41) is 0. The van der Waals surface area contributed by atoms with E-state index in [2.05, 4.69) is 4.98 Å². The molecule has 0 saturated carbocycles. The maximum absolute atomic E-state index is 5.70. The van der Waals surface area contributed by atoms with Crippen molar-refractivity contribution in [1.82, 2.24) is 9.38 Å². The molecule has 2 heterocycles. The predicted molar refractivity (Wildman–Crippen MR) is 52.5 cm³/mol. The third-order valence-electron chi connectivity index (χ3n) is 1.94. The Kier molecular flexibility index (Phi) is 2.02. The van der Waals surface area contributed by atoms with Crippen LogP contribution in [0.5, 0.6) is 0 Å². The minimum atomic E-state index is 0.171. The molecular weight excluding hydrogens is 162 g/mol. The van der Waals surface area contributed by atoms with E-state index >= 15 is 0 Å². The van der Waals surface area contributed by atoms with Gasteiger partial charge in [0.25, 0.3) is 0 Å². The van der Waals surface area contributed by atoms with Crippen LogP contribution in [0.15, 0.2) is 30.6 Å². The van der Waals surface area contributed by atoms with Crippen LogP contribution >= 0.6 is 0 Å². The lowest BCUT2D eigenvalue weighted by atomic mass is 10.2. The zero-order valence-corrected chi connectivity index (χ0v) is 7.64. The minimum absolute atomic E-state index is 0.171. The molecule has 0 bridgehead atoms. The number of nitrogens with two attached hydrogens (primary N) is 1. The highest BCUT2D eigenvalue weighted by Crippen LogP contribution is 2.05. The lowest BCUT2D eigenvalue weighted by Gasteiger charge is -1.98. The Labute approximate surface area is 77.2 Å². The number of imidazole rings is 1. The van der Waals surface area contributed by atoms with Gasteiger partial charge in [0.1, 0.15) is 5.65 Å². The van der Waals surface area contributed by atoms with Crippen molar-refractivity contribution in [3.05, 3.63) is 36.3 Å². The molecule has 1 unspecified atom stereocenters. The Bertz CT molecular complexity index is 370. The molecular formula is C10H13N3. The summed E-state index contributed by atoms with van der Waals surface area (Å²) < 4.78 is 2.01. The Morgan fingerprint density at radius 2 is 2.38 bits per heavy atom. The second kappa shape index (κ2) is 3.18. The first kappa shape index (κ1) is 8.26. The van der Waals surface area contributed by atoms with Gasteiger partial charge >= 0.3 is 0 Å². The highest BCUT2D eigenvalue weighted by molar-refractivity contribution is 5.39. The molecule has 0 fully saturated rings. The van der Waals surface area contributed by atoms with Gasteiger partial charge in [0.2, 0.25) is 0 Å². The van der Waals surface area contributed by atoms with E-state index in [4.69, 9.17) is 5.73 Å². The van der Waals surface area contributed by atoms with E-state index in [9.17, 15) is 0 Å². The molecule has 0 aliphatic rings. The quantitative estimate of drug-likeness (QED) is 0.745. The van der Waals surface area contributed by atoms with Crippen LogP contribution < -0.4 is 5.73 Å². The SMILES string of the molecule is CC(N)Cc1cn2ccccc2n1. The van der Waals surface area contributed by atoms with Gasteiger partial charge in [-0.15, -0.1) is 0 Å². The van der Waals surface area contributed by atoms with Gasteiger partial charge in [-0.05, 0) is 19.1 Å². The number of aromatic nitrogens is 2. The summed E-state index contributed by atoms with van der Waals surface area (Å²) >= 11 is 0. The van der Waals surface area contributed by atoms with E-state index in [0.717, 1.165) is 17.8 Å². The van der Waals surface area contributed by atoms with Gasteiger partial charge in [0.15, 0.2) is 0 Å². The molecule has 3 heteroatoms. The Hall–Kier alpha value is -1.35. The molecule has 2 rings (SSSR count). The smallest absolute Gasteiger partial charge is 0.136 e. The fourth-order valence-corrected chi connectivity index (χ4v) is 1.42. The Morgan fingerprint density at radius 3 is 3.08 bits per heavy atom. The summed E-state index contributed by atoms with van der Waals surface area (Å²) in [6.07, 6.45) is 4.85. The Morgan fingerprint density at radius 1 is 1.54 bits per heavy atom. The van der Waals surface area contributed by atoms with Crippen molar-refractivity contribution >= 4 is 5.65 Å². The lowest BCUT2D eigenvalue weighted by Crippen LogP contribution is -2.17. The second-order valence-corrected chi connectivity index (χ2v) is 3.38. The van der Waals surface area contributed by atoms with Crippen LogP contribution in [0.25, 0.3) is 5.65 Å². The van der Waals surface area contributed by atoms with Crippen LogP contribution in [0, 0.1) is 0 Å². The average Bonchev–Trinajstić information content (AvgIpc) is 2.44. The average molecular weight is 175 g/mol. The molecule has 0 aromatic carbocycles. The van der Waals surface area contributed by atoms with Crippen molar-refractivity contribution in [3.63, 3.8) is 0 Å². The van der Waals surface area contributed by atoms with E-state index in [0.29, 0.717) is 0 Å². The van der Waals surface area contributed by atoms with Gasteiger partial charge in [0, 0.05) is 24.9 Å². The van der Waals surface area contributed by atoms with E-state index < -0.39 is 0 Å². The van der Waals surface area contributed by atoms with Crippen LogP contribution in [0.3, 0.4) is 0 Å². The Balaban J connectivity index is 2.38. The molecule has 3 nitrogen and oxygen atoms in total. The highest BCUT2D eigenvalue weighted by atomic mass is 15.0.